The van der Waals surface area contributed by atoms with E-state index in [1.807, 2.05) is 36.4 Å². The third-order valence-electron chi connectivity index (χ3n) is 2.65. The Balaban J connectivity index is 2.34. The smallest absolute Gasteiger partial charge is 0.242 e. The van der Waals surface area contributed by atoms with E-state index in [0.29, 0.717) is 5.82 Å². The van der Waals surface area contributed by atoms with E-state index in [1.165, 1.54) is 0 Å². The first-order valence-electron chi connectivity index (χ1n) is 5.43. The molecule has 0 aliphatic carbocycles. The van der Waals surface area contributed by atoms with Gasteiger partial charge in [0.1, 0.15) is 11.4 Å². The molecular formula is C13H15N3O. The van der Waals surface area contributed by atoms with Crippen LogP contribution < -0.4 is 11.1 Å². The molecule has 0 fully saturated rings. The Labute approximate surface area is 99.8 Å². The molecule has 0 saturated heterocycles. The van der Waals surface area contributed by atoms with Crippen molar-refractivity contribution in [3.63, 3.8) is 0 Å². The number of benzene rings is 1. The highest BCUT2D eigenvalue weighted by molar-refractivity contribution is 5.87. The number of anilines is 1. The summed E-state index contributed by atoms with van der Waals surface area (Å²) in [4.78, 5) is 15.6. The number of hydrogen-bond acceptors (Lipinski definition) is 3. The molecule has 0 spiro atoms. The minimum atomic E-state index is -0.810. The molecular weight excluding hydrogens is 214 g/mol. The van der Waals surface area contributed by atoms with Crippen molar-refractivity contribution in [2.75, 3.05) is 5.32 Å². The second-order valence-electron chi connectivity index (χ2n) is 4.50. The molecule has 0 atom stereocenters. The van der Waals surface area contributed by atoms with Crippen molar-refractivity contribution in [1.29, 1.82) is 0 Å². The minimum Gasteiger partial charge on any atom is -0.368 e. The summed E-state index contributed by atoms with van der Waals surface area (Å²) in [5.74, 6) is 0.236. The lowest BCUT2D eigenvalue weighted by atomic mass is 10.1. The molecule has 2 rings (SSSR count). The van der Waals surface area contributed by atoms with Crippen molar-refractivity contribution in [2.45, 2.75) is 19.4 Å². The van der Waals surface area contributed by atoms with Gasteiger partial charge in [0.25, 0.3) is 0 Å². The Morgan fingerprint density at radius 3 is 2.65 bits per heavy atom. The molecule has 0 radical (unpaired) electrons. The molecule has 0 saturated carbocycles. The number of carbonyl (C=O) groups is 1. The fourth-order valence-corrected chi connectivity index (χ4v) is 1.52. The number of nitrogens with zero attached hydrogens (tertiary/aromatic N) is 1. The number of amides is 1. The van der Waals surface area contributed by atoms with Crippen LogP contribution in [0.4, 0.5) is 5.82 Å². The molecule has 1 aromatic heterocycles. The molecule has 88 valence electrons. The number of primary amides is 1. The summed E-state index contributed by atoms with van der Waals surface area (Å²) >= 11 is 0. The van der Waals surface area contributed by atoms with Gasteiger partial charge in [0.2, 0.25) is 5.91 Å². The maximum atomic E-state index is 11.2. The van der Waals surface area contributed by atoms with E-state index in [2.05, 4.69) is 10.3 Å². The van der Waals surface area contributed by atoms with E-state index < -0.39 is 11.4 Å². The van der Waals surface area contributed by atoms with Gasteiger partial charge in [0.15, 0.2) is 0 Å². The maximum absolute atomic E-state index is 11.2. The average Bonchev–Trinajstić information content (AvgIpc) is 2.28. The van der Waals surface area contributed by atoms with Gasteiger partial charge in [-0.1, -0.05) is 18.2 Å². The first-order chi connectivity index (χ1) is 7.99. The van der Waals surface area contributed by atoms with Crippen LogP contribution in [-0.2, 0) is 4.79 Å². The van der Waals surface area contributed by atoms with Crippen LogP contribution in [0.15, 0.2) is 36.4 Å². The Bertz CT molecular complexity index is 563. The largest absolute Gasteiger partial charge is 0.368 e. The van der Waals surface area contributed by atoms with Crippen LogP contribution in [0.1, 0.15) is 13.8 Å². The van der Waals surface area contributed by atoms with Gasteiger partial charge in [-0.15, -0.1) is 0 Å². The molecule has 1 heterocycles. The van der Waals surface area contributed by atoms with Crippen LogP contribution in [-0.4, -0.2) is 16.4 Å². The van der Waals surface area contributed by atoms with Gasteiger partial charge in [-0.05, 0) is 32.0 Å². The summed E-state index contributed by atoms with van der Waals surface area (Å²) in [6, 6.07) is 11.6. The number of nitrogens with one attached hydrogen (secondary N) is 1. The van der Waals surface area contributed by atoms with Crippen molar-refractivity contribution in [3.8, 4) is 0 Å². The lowest BCUT2D eigenvalue weighted by Gasteiger charge is -2.22. The standard InChI is InChI=1S/C13H15N3O/c1-13(2,12(14)17)16-11-8-7-9-5-3-4-6-10(9)15-11/h3-8H,1-2H3,(H2,14,17)(H,15,16). The Morgan fingerprint density at radius 1 is 1.24 bits per heavy atom. The van der Waals surface area contributed by atoms with Crippen molar-refractivity contribution in [1.82, 2.24) is 4.98 Å². The van der Waals surface area contributed by atoms with Crippen molar-refractivity contribution >= 4 is 22.6 Å². The van der Waals surface area contributed by atoms with Gasteiger partial charge in [-0.25, -0.2) is 4.98 Å². The molecule has 0 aliphatic heterocycles. The predicted molar refractivity (Wildman–Crippen MR) is 68.6 cm³/mol. The van der Waals surface area contributed by atoms with Gasteiger partial charge in [0.05, 0.1) is 5.52 Å². The number of carbonyl (C=O) groups excluding carboxylic acids is 1. The lowest BCUT2D eigenvalue weighted by Crippen LogP contribution is -2.45. The van der Waals surface area contributed by atoms with Crippen molar-refractivity contribution in [2.24, 2.45) is 5.73 Å². The second-order valence-corrected chi connectivity index (χ2v) is 4.50. The Hall–Kier alpha value is -2.10. The fourth-order valence-electron chi connectivity index (χ4n) is 1.52. The highest BCUT2D eigenvalue weighted by Crippen LogP contribution is 2.17. The number of para-hydroxylation sites is 1. The van der Waals surface area contributed by atoms with Crippen LogP contribution in [0.5, 0.6) is 0 Å². The van der Waals surface area contributed by atoms with E-state index in [1.54, 1.807) is 13.8 Å². The predicted octanol–water partition coefficient (Wildman–Crippen LogP) is 1.91. The van der Waals surface area contributed by atoms with Gasteiger partial charge in [-0.3, -0.25) is 4.79 Å². The molecule has 17 heavy (non-hydrogen) atoms. The van der Waals surface area contributed by atoms with Gasteiger partial charge in [0, 0.05) is 5.39 Å². The molecule has 3 N–H and O–H groups in total. The Morgan fingerprint density at radius 2 is 1.94 bits per heavy atom. The number of nitrogens with two attached hydrogens (primary N) is 1. The summed E-state index contributed by atoms with van der Waals surface area (Å²) in [6.45, 7) is 3.46. The van der Waals surface area contributed by atoms with E-state index in [-0.39, 0.29) is 0 Å². The van der Waals surface area contributed by atoms with Gasteiger partial charge < -0.3 is 11.1 Å². The van der Waals surface area contributed by atoms with Crippen molar-refractivity contribution < 1.29 is 4.79 Å². The summed E-state index contributed by atoms with van der Waals surface area (Å²) in [6.07, 6.45) is 0. The molecule has 2 aromatic rings. The van der Waals surface area contributed by atoms with Crippen LogP contribution in [0.25, 0.3) is 10.9 Å². The molecule has 0 aliphatic rings. The second kappa shape index (κ2) is 4.05. The normalized spacial score (nSPS) is 11.4. The van der Waals surface area contributed by atoms with E-state index in [4.69, 9.17) is 5.73 Å². The fraction of sp³-hybridized carbons (Fsp3) is 0.231. The van der Waals surface area contributed by atoms with Crippen LogP contribution in [0.3, 0.4) is 0 Å². The van der Waals surface area contributed by atoms with Crippen LogP contribution in [0.2, 0.25) is 0 Å². The summed E-state index contributed by atoms with van der Waals surface area (Å²) in [5.41, 5.74) is 5.38. The highest BCUT2D eigenvalue weighted by Gasteiger charge is 2.24. The number of hydrogen-bond donors (Lipinski definition) is 2. The molecule has 0 bridgehead atoms. The zero-order chi connectivity index (χ0) is 12.5. The first-order valence-corrected chi connectivity index (χ1v) is 5.43. The SMILES string of the molecule is CC(C)(Nc1ccc2ccccc2n1)C(N)=O. The number of pyridine rings is 1. The number of aromatic nitrogens is 1. The highest BCUT2D eigenvalue weighted by atomic mass is 16.1. The van der Waals surface area contributed by atoms with E-state index in [9.17, 15) is 4.79 Å². The monoisotopic (exact) mass is 229 g/mol. The zero-order valence-corrected chi connectivity index (χ0v) is 9.90. The Kier molecular flexibility index (Phi) is 2.71. The summed E-state index contributed by atoms with van der Waals surface area (Å²) < 4.78 is 0. The van der Waals surface area contributed by atoms with Crippen LogP contribution >= 0.6 is 0 Å². The molecule has 0 unspecified atom stereocenters. The first kappa shape index (κ1) is 11.4. The third-order valence-corrected chi connectivity index (χ3v) is 2.65. The molecule has 1 amide bonds. The zero-order valence-electron chi connectivity index (χ0n) is 9.90. The average molecular weight is 229 g/mol. The molecule has 4 nitrogen and oxygen atoms in total. The quantitative estimate of drug-likeness (QED) is 0.844. The number of rotatable bonds is 3. The summed E-state index contributed by atoms with van der Waals surface area (Å²) in [5, 5.41) is 4.09. The maximum Gasteiger partial charge on any atom is 0.242 e. The van der Waals surface area contributed by atoms with Gasteiger partial charge >= 0.3 is 0 Å². The molecule has 1 aromatic carbocycles. The third kappa shape index (κ3) is 2.36. The number of fused-ring (bicyclic) bond motifs is 1. The topological polar surface area (TPSA) is 68.0 Å². The van der Waals surface area contributed by atoms with Gasteiger partial charge in [-0.2, -0.15) is 0 Å². The minimum absolute atomic E-state index is 0.410. The van der Waals surface area contributed by atoms with E-state index in [0.717, 1.165) is 10.9 Å². The lowest BCUT2D eigenvalue weighted by molar-refractivity contribution is -0.121. The summed E-state index contributed by atoms with van der Waals surface area (Å²) in [7, 11) is 0. The van der Waals surface area contributed by atoms with Crippen LogP contribution in [0, 0.1) is 0 Å². The van der Waals surface area contributed by atoms with Crippen molar-refractivity contribution in [3.05, 3.63) is 36.4 Å². The molecule has 4 heteroatoms. The van der Waals surface area contributed by atoms with E-state index >= 15 is 0 Å².